The second kappa shape index (κ2) is 4.73. The maximum Gasteiger partial charge on any atom is 0.0549 e. The quantitative estimate of drug-likeness (QED) is 0.659. The van der Waals surface area contributed by atoms with Crippen molar-refractivity contribution in [1.82, 2.24) is 0 Å². The highest BCUT2D eigenvalue weighted by atomic mass is 28.3. The smallest absolute Gasteiger partial charge is 0.0549 e. The summed E-state index contributed by atoms with van der Waals surface area (Å²) in [7, 11) is -2.28. The van der Waals surface area contributed by atoms with Crippen molar-refractivity contribution in [3.63, 3.8) is 0 Å². The summed E-state index contributed by atoms with van der Waals surface area (Å²) in [6, 6.07) is 12.6. The molecule has 0 bridgehead atoms. The van der Waals surface area contributed by atoms with Gasteiger partial charge in [0.05, 0.1) is 8.07 Å². The molecule has 1 unspecified atom stereocenters. The van der Waals surface area contributed by atoms with Gasteiger partial charge in [0.2, 0.25) is 0 Å². The van der Waals surface area contributed by atoms with E-state index in [0.717, 1.165) is 0 Å². The van der Waals surface area contributed by atoms with Gasteiger partial charge in [0.25, 0.3) is 0 Å². The van der Waals surface area contributed by atoms with Crippen molar-refractivity contribution in [2.24, 2.45) is 0 Å². The molecule has 0 spiro atoms. The molecule has 0 N–H and O–H groups in total. The van der Waals surface area contributed by atoms with E-state index in [1.54, 1.807) is 5.56 Å². The van der Waals surface area contributed by atoms with E-state index in [9.17, 15) is 0 Å². The molecule has 0 radical (unpaired) electrons. The molecule has 17 heavy (non-hydrogen) atoms. The lowest BCUT2D eigenvalue weighted by Gasteiger charge is -2.44. The molecule has 0 nitrogen and oxygen atoms in total. The highest BCUT2D eigenvalue weighted by molar-refractivity contribution is 6.83. The topological polar surface area (TPSA) is 0 Å². The zero-order valence-electron chi connectivity index (χ0n) is 12.6. The van der Waals surface area contributed by atoms with Crippen LogP contribution in [0.25, 0.3) is 0 Å². The van der Waals surface area contributed by atoms with Crippen LogP contribution in [0.3, 0.4) is 0 Å². The third-order valence-electron chi connectivity index (χ3n) is 3.95. The van der Waals surface area contributed by atoms with Gasteiger partial charge in [-0.3, -0.25) is 0 Å². The van der Waals surface area contributed by atoms with Gasteiger partial charge < -0.3 is 0 Å². The molecule has 1 aromatic rings. The first-order chi connectivity index (χ1) is 7.56. The maximum absolute atomic E-state index is 2.51. The molecule has 0 saturated heterocycles. The van der Waals surface area contributed by atoms with Gasteiger partial charge in [-0.2, -0.15) is 0 Å². The Morgan fingerprint density at radius 2 is 1.35 bits per heavy atom. The van der Waals surface area contributed by atoms with Crippen molar-refractivity contribution >= 4 is 16.1 Å². The molecule has 0 aliphatic rings. The Morgan fingerprint density at radius 1 is 0.882 bits per heavy atom. The summed E-state index contributed by atoms with van der Waals surface area (Å²) in [6.07, 6.45) is 0. The highest BCUT2D eigenvalue weighted by Crippen LogP contribution is 2.40. The van der Waals surface area contributed by atoms with Crippen molar-refractivity contribution in [3.05, 3.63) is 35.9 Å². The Morgan fingerprint density at radius 3 is 1.71 bits per heavy atom. The fourth-order valence-corrected chi connectivity index (χ4v) is 9.74. The second-order valence-corrected chi connectivity index (χ2v) is 18.8. The minimum absolute atomic E-state index is 0.415. The van der Waals surface area contributed by atoms with Crippen LogP contribution in [0, 0.1) is 0 Å². The van der Waals surface area contributed by atoms with Gasteiger partial charge in [-0.15, -0.1) is 0 Å². The van der Waals surface area contributed by atoms with Crippen molar-refractivity contribution in [3.8, 4) is 0 Å². The zero-order valence-corrected chi connectivity index (χ0v) is 14.6. The zero-order chi connectivity index (χ0) is 13.3. The SMILES string of the molecule is CC(C[Si](C)(C)C)(c1ccccc1)[Si](C)(C)C. The van der Waals surface area contributed by atoms with E-state index in [4.69, 9.17) is 0 Å². The van der Waals surface area contributed by atoms with Crippen LogP contribution in [0.15, 0.2) is 30.3 Å². The Labute approximate surface area is 109 Å². The van der Waals surface area contributed by atoms with Crippen LogP contribution >= 0.6 is 0 Å². The first-order valence-electron chi connectivity index (χ1n) is 6.62. The molecule has 0 aromatic heterocycles. The van der Waals surface area contributed by atoms with Gasteiger partial charge in [0, 0.05) is 8.07 Å². The summed E-state index contributed by atoms with van der Waals surface area (Å²) in [6.45, 7) is 17.5. The minimum Gasteiger partial charge on any atom is -0.0695 e. The average Bonchev–Trinajstić information content (AvgIpc) is 2.14. The van der Waals surface area contributed by atoms with Gasteiger partial charge in [-0.1, -0.05) is 82.6 Å². The number of hydrogen-bond donors (Lipinski definition) is 0. The average molecular weight is 265 g/mol. The van der Waals surface area contributed by atoms with E-state index in [2.05, 4.69) is 76.5 Å². The number of rotatable bonds is 4. The summed E-state index contributed by atoms with van der Waals surface area (Å²) < 4.78 is 0. The lowest BCUT2D eigenvalue weighted by atomic mass is 10.0. The molecule has 0 heterocycles. The van der Waals surface area contributed by atoms with Crippen LogP contribution in [0.1, 0.15) is 12.5 Å². The van der Waals surface area contributed by atoms with Crippen molar-refractivity contribution in [1.29, 1.82) is 0 Å². The third kappa shape index (κ3) is 3.55. The summed E-state index contributed by atoms with van der Waals surface area (Å²) in [5, 5.41) is 0.415. The lowest BCUT2D eigenvalue weighted by Crippen LogP contribution is -2.50. The van der Waals surface area contributed by atoms with Crippen LogP contribution in [0.5, 0.6) is 0 Å². The first kappa shape index (κ1) is 14.7. The maximum atomic E-state index is 2.51. The van der Waals surface area contributed by atoms with Crippen molar-refractivity contribution in [2.75, 3.05) is 0 Å². The second-order valence-electron chi connectivity index (χ2n) is 7.69. The van der Waals surface area contributed by atoms with Crippen LogP contribution in [-0.2, 0) is 5.04 Å². The summed E-state index contributed by atoms with van der Waals surface area (Å²) in [5.41, 5.74) is 1.56. The molecule has 0 fully saturated rings. The molecule has 96 valence electrons. The Kier molecular flexibility index (Phi) is 4.10. The molecule has 2 heteroatoms. The summed E-state index contributed by atoms with van der Waals surface area (Å²) >= 11 is 0. The van der Waals surface area contributed by atoms with Gasteiger partial charge in [0.15, 0.2) is 0 Å². The normalized spacial score (nSPS) is 16.6. The molecular weight excluding hydrogens is 236 g/mol. The fraction of sp³-hybridized carbons (Fsp3) is 0.600. The fourth-order valence-electron chi connectivity index (χ4n) is 2.67. The lowest BCUT2D eigenvalue weighted by molar-refractivity contribution is 0.705. The first-order valence-corrected chi connectivity index (χ1v) is 13.8. The Balaban J connectivity index is 3.22. The van der Waals surface area contributed by atoms with Crippen LogP contribution in [-0.4, -0.2) is 16.1 Å². The monoisotopic (exact) mass is 264 g/mol. The Hall–Kier alpha value is -0.346. The van der Waals surface area contributed by atoms with E-state index in [1.807, 2.05) is 0 Å². The van der Waals surface area contributed by atoms with E-state index >= 15 is 0 Å². The van der Waals surface area contributed by atoms with Crippen molar-refractivity contribution < 1.29 is 0 Å². The largest absolute Gasteiger partial charge is 0.0695 e. The van der Waals surface area contributed by atoms with Gasteiger partial charge in [-0.05, 0) is 10.6 Å². The van der Waals surface area contributed by atoms with E-state index < -0.39 is 16.1 Å². The predicted octanol–water partition coefficient (Wildman–Crippen LogP) is 5.16. The van der Waals surface area contributed by atoms with Crippen LogP contribution < -0.4 is 0 Å². The van der Waals surface area contributed by atoms with Gasteiger partial charge in [-0.25, -0.2) is 0 Å². The molecule has 0 aliphatic heterocycles. The molecule has 1 aromatic carbocycles. The molecule has 0 amide bonds. The third-order valence-corrected chi connectivity index (χ3v) is 9.85. The minimum atomic E-state index is -1.23. The van der Waals surface area contributed by atoms with Crippen molar-refractivity contribution in [2.45, 2.75) is 57.3 Å². The van der Waals surface area contributed by atoms with Crippen LogP contribution in [0.4, 0.5) is 0 Å². The highest BCUT2D eigenvalue weighted by Gasteiger charge is 2.43. The van der Waals surface area contributed by atoms with E-state index in [1.165, 1.54) is 6.04 Å². The number of hydrogen-bond acceptors (Lipinski definition) is 0. The molecule has 0 saturated carbocycles. The molecular formula is C15H28Si2. The van der Waals surface area contributed by atoms with Gasteiger partial charge in [0.1, 0.15) is 0 Å². The molecule has 0 aliphatic carbocycles. The summed E-state index contributed by atoms with van der Waals surface area (Å²) in [4.78, 5) is 0. The predicted molar refractivity (Wildman–Crippen MR) is 85.3 cm³/mol. The van der Waals surface area contributed by atoms with E-state index in [-0.39, 0.29) is 0 Å². The van der Waals surface area contributed by atoms with Gasteiger partial charge >= 0.3 is 0 Å². The van der Waals surface area contributed by atoms with E-state index in [0.29, 0.717) is 5.04 Å². The Bertz CT molecular complexity index is 357. The standard InChI is InChI=1S/C15H28Si2/c1-15(17(5,6)7,13-16(2,3)4)14-11-9-8-10-12-14/h8-12H,13H2,1-7H3. The summed E-state index contributed by atoms with van der Waals surface area (Å²) in [5.74, 6) is 0. The van der Waals surface area contributed by atoms with Crippen LogP contribution in [0.2, 0.25) is 45.3 Å². The molecule has 1 atom stereocenters. The number of benzene rings is 1. The molecule has 1 rings (SSSR count).